The van der Waals surface area contributed by atoms with Crippen LogP contribution in [0.1, 0.15) is 48.3 Å². The number of para-hydroxylation sites is 1. The number of hydrogen-bond acceptors (Lipinski definition) is 7. The average molecular weight is 387 g/mol. The molecule has 3 rings (SSSR count). The second kappa shape index (κ2) is 8.47. The average Bonchev–Trinajstić information content (AvgIpc) is 3.23. The van der Waals surface area contributed by atoms with Gasteiger partial charge in [0.05, 0.1) is 18.4 Å². The highest BCUT2D eigenvalue weighted by atomic mass is 16.5. The molecule has 1 fully saturated rings. The van der Waals surface area contributed by atoms with Gasteiger partial charge in [0.2, 0.25) is 5.91 Å². The van der Waals surface area contributed by atoms with Crippen molar-refractivity contribution in [2.45, 2.75) is 37.6 Å². The molecule has 0 unspecified atom stereocenters. The third-order valence-electron chi connectivity index (χ3n) is 5.39. The third-order valence-corrected chi connectivity index (χ3v) is 5.39. The minimum absolute atomic E-state index is 0.0153. The van der Waals surface area contributed by atoms with Gasteiger partial charge in [0.15, 0.2) is 5.82 Å². The molecule has 2 aromatic rings. The molecule has 28 heavy (non-hydrogen) atoms. The summed E-state index contributed by atoms with van der Waals surface area (Å²) in [5, 5.41) is 12.3. The Bertz CT molecular complexity index is 844. The summed E-state index contributed by atoms with van der Waals surface area (Å²) in [6.45, 7) is -0.0153. The Hall–Kier alpha value is -2.81. The van der Waals surface area contributed by atoms with Crippen LogP contribution in [0, 0.1) is 0 Å². The third kappa shape index (κ3) is 3.49. The van der Waals surface area contributed by atoms with Crippen molar-refractivity contribution in [1.82, 2.24) is 25.1 Å². The van der Waals surface area contributed by atoms with Crippen molar-refractivity contribution >= 4 is 11.9 Å². The molecule has 0 radical (unpaired) electrons. The van der Waals surface area contributed by atoms with Crippen LogP contribution < -0.4 is 0 Å². The van der Waals surface area contributed by atoms with E-state index in [9.17, 15) is 9.59 Å². The molecule has 150 valence electrons. The van der Waals surface area contributed by atoms with E-state index in [2.05, 4.69) is 15.5 Å². The van der Waals surface area contributed by atoms with E-state index in [-0.39, 0.29) is 12.5 Å². The highest BCUT2D eigenvalue weighted by molar-refractivity contribution is 5.93. The highest BCUT2D eigenvalue weighted by Gasteiger charge is 2.45. The Labute approximate surface area is 163 Å². The molecule has 1 saturated carbocycles. The molecule has 1 aromatic heterocycles. The number of ether oxygens (including phenoxy) is 2. The predicted molar refractivity (Wildman–Crippen MR) is 99.9 cm³/mol. The quantitative estimate of drug-likeness (QED) is 0.696. The van der Waals surface area contributed by atoms with Crippen LogP contribution in [0.4, 0.5) is 0 Å². The van der Waals surface area contributed by atoms with Crippen LogP contribution in [-0.2, 0) is 19.8 Å². The van der Waals surface area contributed by atoms with Gasteiger partial charge in [-0.1, -0.05) is 31.4 Å². The second-order valence-corrected chi connectivity index (χ2v) is 6.90. The van der Waals surface area contributed by atoms with Crippen molar-refractivity contribution in [3.05, 3.63) is 35.7 Å². The Morgan fingerprint density at radius 1 is 1.18 bits per heavy atom. The molecule has 0 saturated heterocycles. The molecular formula is C19H25N5O4. The predicted octanol–water partition coefficient (Wildman–Crippen LogP) is 1.71. The van der Waals surface area contributed by atoms with Gasteiger partial charge in [0, 0.05) is 14.2 Å². The van der Waals surface area contributed by atoms with E-state index in [1.807, 2.05) is 0 Å². The fraction of sp³-hybridized carbons (Fsp3) is 0.526. The maximum absolute atomic E-state index is 12.7. The second-order valence-electron chi connectivity index (χ2n) is 6.90. The van der Waals surface area contributed by atoms with Crippen LogP contribution >= 0.6 is 0 Å². The summed E-state index contributed by atoms with van der Waals surface area (Å²) in [5.41, 5.74) is 0.211. The lowest BCUT2D eigenvalue weighted by molar-refractivity contribution is -0.142. The molecule has 0 spiro atoms. The molecule has 9 heteroatoms. The largest absolute Gasteiger partial charge is 0.465 e. The standard InChI is InChI=1S/C19H25N5O4/c1-23(16(25)13-27-2)19(11-7-4-8-12-19)18-20-21-22-24(18)15-10-6-5-9-14(15)17(26)28-3/h5-6,9-10H,4,7-8,11-13H2,1-3H3. The van der Waals surface area contributed by atoms with Crippen molar-refractivity contribution in [3.8, 4) is 5.69 Å². The van der Waals surface area contributed by atoms with Crippen molar-refractivity contribution in [1.29, 1.82) is 0 Å². The monoisotopic (exact) mass is 387 g/mol. The fourth-order valence-electron chi connectivity index (χ4n) is 3.89. The first kappa shape index (κ1) is 19.9. The smallest absolute Gasteiger partial charge is 0.340 e. The van der Waals surface area contributed by atoms with Crippen molar-refractivity contribution in [3.63, 3.8) is 0 Å². The van der Waals surface area contributed by atoms with Gasteiger partial charge in [-0.3, -0.25) is 4.79 Å². The number of nitrogens with zero attached hydrogens (tertiary/aromatic N) is 5. The van der Waals surface area contributed by atoms with Gasteiger partial charge < -0.3 is 14.4 Å². The van der Waals surface area contributed by atoms with Gasteiger partial charge in [-0.05, 0) is 35.4 Å². The lowest BCUT2D eigenvalue weighted by Gasteiger charge is -2.43. The number of carbonyl (C=O) groups is 2. The molecule has 1 aliphatic carbocycles. The first-order valence-corrected chi connectivity index (χ1v) is 9.27. The molecule has 1 heterocycles. The topological polar surface area (TPSA) is 99.4 Å². The fourth-order valence-corrected chi connectivity index (χ4v) is 3.89. The Kier molecular flexibility index (Phi) is 6.03. The number of amides is 1. The number of rotatable bonds is 6. The number of tetrazole rings is 1. The van der Waals surface area contributed by atoms with E-state index in [0.29, 0.717) is 17.1 Å². The molecule has 1 aliphatic rings. The van der Waals surface area contributed by atoms with Crippen LogP contribution in [-0.4, -0.2) is 64.9 Å². The van der Waals surface area contributed by atoms with Crippen LogP contribution in [0.3, 0.4) is 0 Å². The molecule has 9 nitrogen and oxygen atoms in total. The zero-order chi connectivity index (χ0) is 20.1. The van der Waals surface area contributed by atoms with Gasteiger partial charge in [-0.25, -0.2) is 4.79 Å². The Morgan fingerprint density at radius 3 is 2.57 bits per heavy atom. The highest BCUT2D eigenvalue weighted by Crippen LogP contribution is 2.41. The zero-order valence-electron chi connectivity index (χ0n) is 16.4. The van der Waals surface area contributed by atoms with Gasteiger partial charge in [0.1, 0.15) is 12.1 Å². The molecule has 0 aliphatic heterocycles. The number of methoxy groups -OCH3 is 2. The van der Waals surface area contributed by atoms with E-state index in [1.54, 1.807) is 40.9 Å². The Morgan fingerprint density at radius 2 is 1.89 bits per heavy atom. The van der Waals surface area contributed by atoms with Gasteiger partial charge in [-0.2, -0.15) is 4.68 Å². The van der Waals surface area contributed by atoms with E-state index < -0.39 is 11.5 Å². The lowest BCUT2D eigenvalue weighted by Crippen LogP contribution is -2.51. The van der Waals surface area contributed by atoms with Gasteiger partial charge in [-0.15, -0.1) is 5.10 Å². The van der Waals surface area contributed by atoms with Crippen molar-refractivity contribution < 1.29 is 19.1 Å². The summed E-state index contributed by atoms with van der Waals surface area (Å²) < 4.78 is 11.5. The van der Waals surface area contributed by atoms with E-state index in [0.717, 1.165) is 32.1 Å². The molecule has 0 atom stereocenters. The van der Waals surface area contributed by atoms with Gasteiger partial charge >= 0.3 is 5.97 Å². The van der Waals surface area contributed by atoms with E-state index >= 15 is 0 Å². The molecular weight excluding hydrogens is 362 g/mol. The van der Waals surface area contributed by atoms with Gasteiger partial charge in [0.25, 0.3) is 0 Å². The summed E-state index contributed by atoms with van der Waals surface area (Å²) in [4.78, 5) is 26.6. The first-order chi connectivity index (χ1) is 13.5. The van der Waals surface area contributed by atoms with E-state index in [4.69, 9.17) is 9.47 Å². The summed E-state index contributed by atoms with van der Waals surface area (Å²) in [7, 11) is 4.59. The van der Waals surface area contributed by atoms with Crippen molar-refractivity contribution in [2.24, 2.45) is 0 Å². The number of hydrogen-bond donors (Lipinski definition) is 0. The zero-order valence-corrected chi connectivity index (χ0v) is 16.4. The van der Waals surface area contributed by atoms with Crippen LogP contribution in [0.15, 0.2) is 24.3 Å². The minimum atomic E-state index is -0.666. The lowest BCUT2D eigenvalue weighted by atomic mass is 9.79. The maximum atomic E-state index is 12.7. The summed E-state index contributed by atoms with van der Waals surface area (Å²) in [6, 6.07) is 6.99. The minimum Gasteiger partial charge on any atom is -0.465 e. The summed E-state index contributed by atoms with van der Waals surface area (Å²) >= 11 is 0. The normalized spacial score (nSPS) is 15.8. The number of esters is 1. The van der Waals surface area contributed by atoms with E-state index in [1.165, 1.54) is 14.2 Å². The SMILES string of the molecule is COCC(=O)N(C)C1(c2nnnn2-c2ccccc2C(=O)OC)CCCCC1. The number of aromatic nitrogens is 4. The van der Waals surface area contributed by atoms with Crippen molar-refractivity contribution in [2.75, 3.05) is 27.9 Å². The number of benzene rings is 1. The molecule has 1 aromatic carbocycles. The Balaban J connectivity index is 2.12. The number of likely N-dealkylation sites (N-methyl/N-ethyl adjacent to an activating group) is 1. The van der Waals surface area contributed by atoms with Crippen LogP contribution in [0.25, 0.3) is 5.69 Å². The van der Waals surface area contributed by atoms with Crippen LogP contribution in [0.2, 0.25) is 0 Å². The molecule has 1 amide bonds. The number of carbonyl (C=O) groups excluding carboxylic acids is 2. The van der Waals surface area contributed by atoms with Crippen LogP contribution in [0.5, 0.6) is 0 Å². The summed E-state index contributed by atoms with van der Waals surface area (Å²) in [6.07, 6.45) is 4.47. The maximum Gasteiger partial charge on any atom is 0.340 e. The first-order valence-electron chi connectivity index (χ1n) is 9.27. The summed E-state index contributed by atoms with van der Waals surface area (Å²) in [5.74, 6) is -0.0748. The molecule has 0 bridgehead atoms. The molecule has 0 N–H and O–H groups in total.